The van der Waals surface area contributed by atoms with Crippen molar-refractivity contribution in [1.29, 1.82) is 0 Å². The van der Waals surface area contributed by atoms with Gasteiger partial charge in [-0.2, -0.15) is 0 Å². The minimum absolute atomic E-state index is 0.0719. The van der Waals surface area contributed by atoms with Crippen molar-refractivity contribution in [1.82, 2.24) is 4.90 Å². The third-order valence-corrected chi connectivity index (χ3v) is 4.21. The van der Waals surface area contributed by atoms with Gasteiger partial charge in [0.25, 0.3) is 0 Å². The molecule has 0 aliphatic heterocycles. The molecule has 1 aliphatic carbocycles. The molecule has 0 bridgehead atoms. The highest BCUT2D eigenvalue weighted by Gasteiger charge is 2.28. The standard InChI is InChI=1S/C16H29NO3/c1-4-6-7-13-8-10-14(11-9-13)16(19)17(3)12-15(18)20-5-2/h13-14H,4-12H2,1-3H3. The summed E-state index contributed by atoms with van der Waals surface area (Å²) in [6, 6.07) is 0. The van der Waals surface area contributed by atoms with Crippen LogP contribution in [0.15, 0.2) is 0 Å². The molecule has 0 unspecified atom stereocenters. The predicted octanol–water partition coefficient (Wildman–Crippen LogP) is 3.00. The molecule has 0 aromatic rings. The van der Waals surface area contributed by atoms with Gasteiger partial charge >= 0.3 is 5.97 Å². The van der Waals surface area contributed by atoms with Crippen LogP contribution >= 0.6 is 0 Å². The van der Waals surface area contributed by atoms with Gasteiger partial charge in [0.1, 0.15) is 6.54 Å². The Kier molecular flexibility index (Phi) is 7.63. The smallest absolute Gasteiger partial charge is 0.325 e. The molecule has 4 heteroatoms. The third-order valence-electron chi connectivity index (χ3n) is 4.21. The zero-order valence-corrected chi connectivity index (χ0v) is 13.2. The summed E-state index contributed by atoms with van der Waals surface area (Å²) in [5.74, 6) is 0.689. The zero-order valence-electron chi connectivity index (χ0n) is 13.2. The van der Waals surface area contributed by atoms with Crippen LogP contribution in [0.1, 0.15) is 58.8 Å². The van der Waals surface area contributed by atoms with Gasteiger partial charge < -0.3 is 9.64 Å². The van der Waals surface area contributed by atoms with E-state index >= 15 is 0 Å². The Bertz CT molecular complexity index is 309. The largest absolute Gasteiger partial charge is 0.465 e. The van der Waals surface area contributed by atoms with Crippen LogP contribution in [0, 0.1) is 11.8 Å². The first-order valence-electron chi connectivity index (χ1n) is 7.99. The molecule has 1 saturated carbocycles. The molecular weight excluding hydrogens is 254 g/mol. The number of amides is 1. The van der Waals surface area contributed by atoms with E-state index in [0.29, 0.717) is 6.61 Å². The molecule has 0 aromatic carbocycles. The number of carbonyl (C=O) groups excluding carboxylic acids is 2. The Morgan fingerprint density at radius 1 is 1.15 bits per heavy atom. The average Bonchev–Trinajstić information content (AvgIpc) is 2.45. The van der Waals surface area contributed by atoms with Crippen LogP contribution in [-0.4, -0.2) is 37.0 Å². The van der Waals surface area contributed by atoms with Crippen LogP contribution in [0.4, 0.5) is 0 Å². The molecule has 1 amide bonds. The van der Waals surface area contributed by atoms with Crippen LogP contribution in [-0.2, 0) is 14.3 Å². The number of ether oxygens (including phenoxy) is 1. The van der Waals surface area contributed by atoms with E-state index in [-0.39, 0.29) is 24.3 Å². The van der Waals surface area contributed by atoms with Crippen molar-refractivity contribution in [2.45, 2.75) is 58.8 Å². The highest BCUT2D eigenvalue weighted by atomic mass is 16.5. The molecule has 0 aromatic heterocycles. The quantitative estimate of drug-likeness (QED) is 0.675. The molecule has 0 atom stereocenters. The van der Waals surface area contributed by atoms with Gasteiger partial charge in [-0.15, -0.1) is 0 Å². The summed E-state index contributed by atoms with van der Waals surface area (Å²) in [5, 5.41) is 0. The van der Waals surface area contributed by atoms with Crippen LogP contribution < -0.4 is 0 Å². The highest BCUT2D eigenvalue weighted by molar-refractivity contribution is 5.83. The maximum Gasteiger partial charge on any atom is 0.325 e. The molecule has 0 spiro atoms. The first-order valence-corrected chi connectivity index (χ1v) is 7.99. The van der Waals surface area contributed by atoms with Crippen molar-refractivity contribution in [3.63, 3.8) is 0 Å². The van der Waals surface area contributed by atoms with Crippen LogP contribution in [0.3, 0.4) is 0 Å². The monoisotopic (exact) mass is 283 g/mol. The number of hydrogen-bond acceptors (Lipinski definition) is 3. The molecule has 0 saturated heterocycles. The van der Waals surface area contributed by atoms with Gasteiger partial charge in [0, 0.05) is 13.0 Å². The van der Waals surface area contributed by atoms with Gasteiger partial charge in [-0.3, -0.25) is 9.59 Å². The molecule has 1 rings (SSSR count). The number of rotatable bonds is 7. The Labute approximate surface area is 122 Å². The van der Waals surface area contributed by atoms with E-state index in [4.69, 9.17) is 4.74 Å². The summed E-state index contributed by atoms with van der Waals surface area (Å²) < 4.78 is 4.88. The fourth-order valence-corrected chi connectivity index (χ4v) is 2.98. The molecule has 116 valence electrons. The Morgan fingerprint density at radius 3 is 2.35 bits per heavy atom. The van der Waals surface area contributed by atoms with Crippen LogP contribution in [0.5, 0.6) is 0 Å². The summed E-state index contributed by atoms with van der Waals surface area (Å²) in [6.07, 6.45) is 8.11. The second kappa shape index (κ2) is 8.98. The summed E-state index contributed by atoms with van der Waals surface area (Å²) in [6.45, 7) is 4.43. The van der Waals surface area contributed by atoms with E-state index in [2.05, 4.69) is 6.92 Å². The van der Waals surface area contributed by atoms with E-state index in [9.17, 15) is 9.59 Å². The molecular formula is C16H29NO3. The summed E-state index contributed by atoms with van der Waals surface area (Å²) >= 11 is 0. The van der Waals surface area contributed by atoms with Crippen molar-refractivity contribution < 1.29 is 14.3 Å². The minimum atomic E-state index is -0.319. The number of hydrogen-bond donors (Lipinski definition) is 0. The lowest BCUT2D eigenvalue weighted by molar-refractivity contribution is -0.149. The first kappa shape index (κ1) is 17.0. The second-order valence-corrected chi connectivity index (χ2v) is 5.86. The van der Waals surface area contributed by atoms with E-state index < -0.39 is 0 Å². The van der Waals surface area contributed by atoms with Gasteiger partial charge in [0.05, 0.1) is 6.61 Å². The highest BCUT2D eigenvalue weighted by Crippen LogP contribution is 2.32. The van der Waals surface area contributed by atoms with E-state index in [1.807, 2.05) is 0 Å². The Hall–Kier alpha value is -1.06. The number of carbonyl (C=O) groups is 2. The molecule has 0 radical (unpaired) electrons. The number of nitrogens with zero attached hydrogens (tertiary/aromatic N) is 1. The topological polar surface area (TPSA) is 46.6 Å². The SMILES string of the molecule is CCCCC1CCC(C(=O)N(C)CC(=O)OCC)CC1. The first-order chi connectivity index (χ1) is 9.58. The van der Waals surface area contributed by atoms with Gasteiger partial charge in [-0.05, 0) is 38.5 Å². The van der Waals surface area contributed by atoms with Crippen molar-refractivity contribution in [3.05, 3.63) is 0 Å². The molecule has 20 heavy (non-hydrogen) atoms. The van der Waals surface area contributed by atoms with Crippen molar-refractivity contribution in [2.24, 2.45) is 11.8 Å². The maximum atomic E-state index is 12.3. The van der Waals surface area contributed by atoms with Gasteiger partial charge in [-0.1, -0.05) is 26.2 Å². The minimum Gasteiger partial charge on any atom is -0.465 e. The third kappa shape index (κ3) is 5.51. The molecule has 1 aliphatic rings. The molecule has 4 nitrogen and oxygen atoms in total. The maximum absolute atomic E-state index is 12.3. The van der Waals surface area contributed by atoms with Gasteiger partial charge in [-0.25, -0.2) is 0 Å². The number of esters is 1. The normalized spacial score (nSPS) is 22.4. The number of unbranched alkanes of at least 4 members (excludes halogenated alkanes) is 1. The average molecular weight is 283 g/mol. The molecule has 0 N–H and O–H groups in total. The Morgan fingerprint density at radius 2 is 1.80 bits per heavy atom. The van der Waals surface area contributed by atoms with Crippen molar-refractivity contribution in [2.75, 3.05) is 20.2 Å². The molecule has 1 fully saturated rings. The lowest BCUT2D eigenvalue weighted by atomic mass is 9.79. The summed E-state index contributed by atoms with van der Waals surface area (Å²) in [5.41, 5.74) is 0. The second-order valence-electron chi connectivity index (χ2n) is 5.86. The summed E-state index contributed by atoms with van der Waals surface area (Å²) in [4.78, 5) is 25.2. The zero-order chi connectivity index (χ0) is 15.0. The lowest BCUT2D eigenvalue weighted by Crippen LogP contribution is -2.38. The fourth-order valence-electron chi connectivity index (χ4n) is 2.98. The van der Waals surface area contributed by atoms with E-state index in [1.54, 1.807) is 14.0 Å². The van der Waals surface area contributed by atoms with E-state index in [1.165, 1.54) is 24.2 Å². The van der Waals surface area contributed by atoms with Crippen LogP contribution in [0.2, 0.25) is 0 Å². The fraction of sp³-hybridized carbons (Fsp3) is 0.875. The van der Waals surface area contributed by atoms with Gasteiger partial charge in [0.2, 0.25) is 5.91 Å². The van der Waals surface area contributed by atoms with E-state index in [0.717, 1.165) is 31.6 Å². The van der Waals surface area contributed by atoms with Crippen molar-refractivity contribution in [3.8, 4) is 0 Å². The van der Waals surface area contributed by atoms with Crippen LogP contribution in [0.25, 0.3) is 0 Å². The van der Waals surface area contributed by atoms with Gasteiger partial charge in [0.15, 0.2) is 0 Å². The summed E-state index contributed by atoms with van der Waals surface area (Å²) in [7, 11) is 1.70. The lowest BCUT2D eigenvalue weighted by Gasteiger charge is -2.30. The molecule has 0 heterocycles. The Balaban J connectivity index is 2.32. The van der Waals surface area contributed by atoms with Crippen molar-refractivity contribution >= 4 is 11.9 Å². The number of likely N-dealkylation sites (N-methyl/N-ethyl adjacent to an activating group) is 1. The predicted molar refractivity (Wildman–Crippen MR) is 79.2 cm³/mol.